The fourth-order valence-corrected chi connectivity index (χ4v) is 3.16. The summed E-state index contributed by atoms with van der Waals surface area (Å²) in [6.45, 7) is 5.13. The van der Waals surface area contributed by atoms with Crippen LogP contribution < -0.4 is 5.32 Å². The van der Waals surface area contributed by atoms with Gasteiger partial charge in [-0.2, -0.15) is 5.10 Å². The molecule has 0 aliphatic carbocycles. The summed E-state index contributed by atoms with van der Waals surface area (Å²) in [7, 11) is 0. The average Bonchev–Trinajstić information content (AvgIpc) is 3.16. The fraction of sp³-hybridized carbons (Fsp3) is 0.250. The van der Waals surface area contributed by atoms with E-state index in [1.807, 2.05) is 0 Å². The second-order valence-electron chi connectivity index (χ2n) is 7.26. The van der Waals surface area contributed by atoms with Gasteiger partial charge in [-0.3, -0.25) is 14.3 Å². The quantitative estimate of drug-likeness (QED) is 0.704. The number of amides is 1. The molecule has 28 heavy (non-hydrogen) atoms. The van der Waals surface area contributed by atoms with Crippen LogP contribution in [0.15, 0.2) is 36.5 Å². The number of carbonyl (C=O) groups is 2. The van der Waals surface area contributed by atoms with Crippen molar-refractivity contribution in [1.29, 1.82) is 0 Å². The maximum atomic E-state index is 14.0. The third kappa shape index (κ3) is 2.87. The molecule has 2 aromatic heterocycles. The Labute approximate surface area is 160 Å². The van der Waals surface area contributed by atoms with Gasteiger partial charge in [0.1, 0.15) is 23.0 Å². The van der Waals surface area contributed by atoms with Crippen molar-refractivity contribution in [2.75, 3.05) is 5.32 Å². The molecule has 1 aromatic carbocycles. The second kappa shape index (κ2) is 6.33. The topological polar surface area (TPSA) is 89.8 Å². The first kappa shape index (κ1) is 18.0. The van der Waals surface area contributed by atoms with E-state index >= 15 is 0 Å². The van der Waals surface area contributed by atoms with Gasteiger partial charge >= 0.3 is 0 Å². The monoisotopic (exact) mass is 379 g/mol. The Morgan fingerprint density at radius 1 is 1.29 bits per heavy atom. The molecule has 1 aliphatic rings. The number of anilines is 1. The molecule has 0 radical (unpaired) electrons. The summed E-state index contributed by atoms with van der Waals surface area (Å²) in [6.07, 6.45) is 1.60. The van der Waals surface area contributed by atoms with E-state index < -0.39 is 5.41 Å². The SMILES string of the molecule is CC(=O)c1cc(-c2ncc3c(n2)NC(=O)C3(C)C)nn1Cc1ccccc1F. The predicted molar refractivity (Wildman–Crippen MR) is 100 cm³/mol. The Bertz CT molecular complexity index is 1120. The molecule has 0 atom stereocenters. The van der Waals surface area contributed by atoms with E-state index in [2.05, 4.69) is 20.4 Å². The molecule has 1 amide bonds. The van der Waals surface area contributed by atoms with Gasteiger partial charge in [-0.05, 0) is 26.0 Å². The van der Waals surface area contributed by atoms with Crippen LogP contribution in [0, 0.1) is 5.82 Å². The normalized spacial score (nSPS) is 14.6. The molecule has 1 aliphatic heterocycles. The Morgan fingerprint density at radius 2 is 2.04 bits per heavy atom. The van der Waals surface area contributed by atoms with Crippen molar-refractivity contribution in [3.05, 3.63) is 59.2 Å². The van der Waals surface area contributed by atoms with Gasteiger partial charge in [0.25, 0.3) is 0 Å². The van der Waals surface area contributed by atoms with Crippen molar-refractivity contribution in [2.24, 2.45) is 0 Å². The van der Waals surface area contributed by atoms with Crippen LogP contribution in [0.1, 0.15) is 42.4 Å². The molecule has 0 saturated heterocycles. The molecule has 3 heterocycles. The van der Waals surface area contributed by atoms with E-state index in [4.69, 9.17) is 0 Å². The highest BCUT2D eigenvalue weighted by Crippen LogP contribution is 2.36. The molecule has 0 saturated carbocycles. The molecule has 4 rings (SSSR count). The third-order valence-electron chi connectivity index (χ3n) is 4.91. The van der Waals surface area contributed by atoms with E-state index in [0.29, 0.717) is 28.3 Å². The summed E-state index contributed by atoms with van der Waals surface area (Å²) in [4.78, 5) is 32.9. The minimum absolute atomic E-state index is 0.107. The zero-order valence-corrected chi connectivity index (χ0v) is 15.7. The Kier molecular flexibility index (Phi) is 4.06. The maximum absolute atomic E-state index is 14.0. The molecule has 3 aromatic rings. The standard InChI is InChI=1S/C20H18FN5O2/c1-11(27)16-8-15(25-26(16)10-12-6-4-5-7-14(12)21)18-22-9-13-17(23-18)24-19(28)20(13,2)3/h4-9H,10H2,1-3H3,(H,22,23,24,28). The van der Waals surface area contributed by atoms with Crippen LogP contribution in [0.2, 0.25) is 0 Å². The summed E-state index contributed by atoms with van der Waals surface area (Å²) >= 11 is 0. The third-order valence-corrected chi connectivity index (χ3v) is 4.91. The van der Waals surface area contributed by atoms with Crippen molar-refractivity contribution in [3.63, 3.8) is 0 Å². The predicted octanol–water partition coefficient (Wildman–Crippen LogP) is 2.96. The van der Waals surface area contributed by atoms with Crippen LogP contribution >= 0.6 is 0 Å². The summed E-state index contributed by atoms with van der Waals surface area (Å²) < 4.78 is 15.4. The zero-order valence-electron chi connectivity index (χ0n) is 15.7. The number of hydrogen-bond donors (Lipinski definition) is 1. The van der Waals surface area contributed by atoms with Crippen molar-refractivity contribution >= 4 is 17.5 Å². The lowest BCUT2D eigenvalue weighted by Gasteiger charge is -2.13. The van der Waals surface area contributed by atoms with E-state index in [1.165, 1.54) is 17.7 Å². The van der Waals surface area contributed by atoms with Gasteiger partial charge in [0.15, 0.2) is 11.6 Å². The number of aromatic nitrogens is 4. The minimum atomic E-state index is -0.706. The van der Waals surface area contributed by atoms with Crippen LogP contribution in [0.3, 0.4) is 0 Å². The number of ketones is 1. The van der Waals surface area contributed by atoms with Gasteiger partial charge in [0, 0.05) is 24.2 Å². The highest BCUT2D eigenvalue weighted by atomic mass is 19.1. The first-order chi connectivity index (χ1) is 13.3. The molecule has 0 fully saturated rings. The van der Waals surface area contributed by atoms with Crippen molar-refractivity contribution in [2.45, 2.75) is 32.7 Å². The number of nitrogens with zero attached hydrogens (tertiary/aromatic N) is 4. The fourth-order valence-electron chi connectivity index (χ4n) is 3.16. The van der Waals surface area contributed by atoms with Gasteiger partial charge in [0.05, 0.1) is 12.0 Å². The molecular formula is C20H18FN5O2. The van der Waals surface area contributed by atoms with E-state index in [0.717, 1.165) is 0 Å². The largest absolute Gasteiger partial charge is 0.310 e. The number of nitrogens with one attached hydrogen (secondary N) is 1. The van der Waals surface area contributed by atoms with Crippen LogP contribution in [-0.2, 0) is 16.8 Å². The molecule has 1 N–H and O–H groups in total. The van der Waals surface area contributed by atoms with Crippen LogP contribution in [0.5, 0.6) is 0 Å². The average molecular weight is 379 g/mol. The van der Waals surface area contributed by atoms with Gasteiger partial charge < -0.3 is 5.32 Å². The summed E-state index contributed by atoms with van der Waals surface area (Å²) in [5.41, 5.74) is 1.13. The van der Waals surface area contributed by atoms with Crippen LogP contribution in [-0.4, -0.2) is 31.4 Å². The van der Waals surface area contributed by atoms with Crippen LogP contribution in [0.25, 0.3) is 11.5 Å². The molecule has 142 valence electrons. The number of benzene rings is 1. The maximum Gasteiger partial charge on any atom is 0.235 e. The lowest BCUT2D eigenvalue weighted by Crippen LogP contribution is -2.26. The highest BCUT2D eigenvalue weighted by Gasteiger charge is 2.40. The highest BCUT2D eigenvalue weighted by molar-refractivity contribution is 6.04. The van der Waals surface area contributed by atoms with Gasteiger partial charge in [-0.15, -0.1) is 0 Å². The number of rotatable bonds is 4. The molecule has 8 heteroatoms. The molecule has 0 spiro atoms. The number of hydrogen-bond acceptors (Lipinski definition) is 5. The number of Topliss-reactive ketones (excluding diaryl/α,β-unsaturated/α-hetero) is 1. The Balaban J connectivity index is 1.74. The van der Waals surface area contributed by atoms with E-state index in [9.17, 15) is 14.0 Å². The first-order valence-electron chi connectivity index (χ1n) is 8.79. The molecular weight excluding hydrogens is 361 g/mol. The molecule has 7 nitrogen and oxygen atoms in total. The minimum Gasteiger partial charge on any atom is -0.310 e. The number of halogens is 1. The van der Waals surface area contributed by atoms with Crippen molar-refractivity contribution < 1.29 is 14.0 Å². The molecule has 0 unspecified atom stereocenters. The van der Waals surface area contributed by atoms with Gasteiger partial charge in [0.2, 0.25) is 5.91 Å². The smallest absolute Gasteiger partial charge is 0.235 e. The summed E-state index contributed by atoms with van der Waals surface area (Å²) in [6, 6.07) is 7.91. The van der Waals surface area contributed by atoms with Gasteiger partial charge in [-0.1, -0.05) is 18.2 Å². The van der Waals surface area contributed by atoms with Crippen LogP contribution in [0.4, 0.5) is 10.2 Å². The lowest BCUT2D eigenvalue weighted by molar-refractivity contribution is -0.119. The van der Waals surface area contributed by atoms with E-state index in [-0.39, 0.29) is 29.9 Å². The van der Waals surface area contributed by atoms with Crippen molar-refractivity contribution in [3.8, 4) is 11.5 Å². The Morgan fingerprint density at radius 3 is 2.75 bits per heavy atom. The van der Waals surface area contributed by atoms with Gasteiger partial charge in [-0.25, -0.2) is 14.4 Å². The summed E-state index contributed by atoms with van der Waals surface area (Å²) in [5, 5.41) is 7.16. The second-order valence-corrected chi connectivity index (χ2v) is 7.26. The van der Waals surface area contributed by atoms with Crippen molar-refractivity contribution in [1.82, 2.24) is 19.7 Å². The first-order valence-corrected chi connectivity index (χ1v) is 8.79. The number of carbonyl (C=O) groups excluding carboxylic acids is 2. The molecule has 0 bridgehead atoms. The number of fused-ring (bicyclic) bond motifs is 1. The Hall–Kier alpha value is -3.42. The zero-order chi connectivity index (χ0) is 20.1. The summed E-state index contributed by atoms with van der Waals surface area (Å²) in [5.74, 6) is 0.00137. The lowest BCUT2D eigenvalue weighted by atomic mass is 9.88. The van der Waals surface area contributed by atoms with E-state index in [1.54, 1.807) is 44.3 Å².